The van der Waals surface area contributed by atoms with Crippen LogP contribution in [-0.4, -0.2) is 25.2 Å². The fourth-order valence-corrected chi connectivity index (χ4v) is 2.01. The first-order chi connectivity index (χ1) is 11.7. The molecule has 0 saturated carbocycles. The van der Waals surface area contributed by atoms with Crippen molar-refractivity contribution in [2.45, 2.75) is 0 Å². The van der Waals surface area contributed by atoms with Crippen LogP contribution in [0.25, 0.3) is 11.6 Å². The van der Waals surface area contributed by atoms with E-state index >= 15 is 0 Å². The van der Waals surface area contributed by atoms with Gasteiger partial charge in [0.2, 0.25) is 0 Å². The van der Waals surface area contributed by atoms with Crippen LogP contribution in [0.15, 0.2) is 73.3 Å². The number of hydrogen-bond acceptors (Lipinski definition) is 4. The Kier molecular flexibility index (Phi) is 6.53. The van der Waals surface area contributed by atoms with E-state index in [9.17, 15) is 9.59 Å². The van der Waals surface area contributed by atoms with Gasteiger partial charge in [-0.3, -0.25) is 0 Å². The first-order valence-electron chi connectivity index (χ1n) is 7.49. The highest BCUT2D eigenvalue weighted by Crippen LogP contribution is 2.19. The zero-order chi connectivity index (χ0) is 17.2. The van der Waals surface area contributed by atoms with Gasteiger partial charge in [-0.25, -0.2) is 9.59 Å². The van der Waals surface area contributed by atoms with E-state index < -0.39 is 11.9 Å². The Morgan fingerprint density at radius 1 is 0.875 bits per heavy atom. The van der Waals surface area contributed by atoms with Crippen LogP contribution in [0.1, 0.15) is 11.1 Å². The molecule has 0 radical (unpaired) electrons. The third-order valence-electron chi connectivity index (χ3n) is 3.14. The predicted octanol–water partition coefficient (Wildman–Crippen LogP) is 3.50. The van der Waals surface area contributed by atoms with E-state index in [4.69, 9.17) is 9.47 Å². The molecule has 0 fully saturated rings. The summed E-state index contributed by atoms with van der Waals surface area (Å²) in [5.41, 5.74) is 2.10. The van der Waals surface area contributed by atoms with E-state index in [2.05, 4.69) is 6.58 Å². The number of carbonyl (C=O) groups excluding carboxylic acids is 2. The molecule has 0 spiro atoms. The van der Waals surface area contributed by atoms with Gasteiger partial charge < -0.3 is 9.47 Å². The topological polar surface area (TPSA) is 52.6 Å². The summed E-state index contributed by atoms with van der Waals surface area (Å²) in [5, 5.41) is 0. The van der Waals surface area contributed by atoms with Gasteiger partial charge in [0.05, 0.1) is 5.57 Å². The molecule has 0 aliphatic heterocycles. The van der Waals surface area contributed by atoms with Crippen LogP contribution in [0.4, 0.5) is 0 Å². The van der Waals surface area contributed by atoms with Crippen molar-refractivity contribution in [2.75, 3.05) is 13.2 Å². The van der Waals surface area contributed by atoms with Crippen molar-refractivity contribution >= 4 is 23.6 Å². The number of carbonyl (C=O) groups is 2. The Hall–Kier alpha value is -3.14. The number of hydrogen-bond donors (Lipinski definition) is 0. The van der Waals surface area contributed by atoms with Crippen LogP contribution in [-0.2, 0) is 19.1 Å². The molecule has 0 amide bonds. The van der Waals surface area contributed by atoms with Crippen molar-refractivity contribution < 1.29 is 19.1 Å². The molecule has 0 unspecified atom stereocenters. The lowest BCUT2D eigenvalue weighted by Gasteiger charge is -2.09. The van der Waals surface area contributed by atoms with Crippen LogP contribution in [0.5, 0.6) is 0 Å². The second-order valence-electron chi connectivity index (χ2n) is 4.84. The Labute approximate surface area is 141 Å². The first kappa shape index (κ1) is 17.2. The molecule has 4 heteroatoms. The molecule has 0 bridgehead atoms. The van der Waals surface area contributed by atoms with Crippen molar-refractivity contribution in [3.63, 3.8) is 0 Å². The largest absolute Gasteiger partial charge is 0.459 e. The highest BCUT2D eigenvalue weighted by atomic mass is 16.6. The van der Waals surface area contributed by atoms with Crippen molar-refractivity contribution in [2.24, 2.45) is 0 Å². The number of ether oxygens (including phenoxy) is 2. The van der Waals surface area contributed by atoms with Gasteiger partial charge in [0.25, 0.3) is 0 Å². The van der Waals surface area contributed by atoms with Crippen molar-refractivity contribution in [3.05, 3.63) is 84.4 Å². The zero-order valence-electron chi connectivity index (χ0n) is 13.2. The van der Waals surface area contributed by atoms with E-state index in [1.54, 1.807) is 6.08 Å². The van der Waals surface area contributed by atoms with E-state index in [1.807, 2.05) is 60.7 Å². The summed E-state index contributed by atoms with van der Waals surface area (Å²) in [6.45, 7) is 3.27. The molecule has 0 heterocycles. The van der Waals surface area contributed by atoms with Crippen LogP contribution >= 0.6 is 0 Å². The molecule has 0 atom stereocenters. The molecule has 0 aliphatic rings. The minimum Gasteiger partial charge on any atom is -0.459 e. The van der Waals surface area contributed by atoms with Crippen molar-refractivity contribution in [1.82, 2.24) is 0 Å². The van der Waals surface area contributed by atoms with E-state index in [1.165, 1.54) is 0 Å². The SMILES string of the molecule is C=CC(=O)OCCOC(=O)C(=Cc1ccccc1)c1ccccc1. The Morgan fingerprint density at radius 2 is 1.46 bits per heavy atom. The molecule has 24 heavy (non-hydrogen) atoms. The quantitative estimate of drug-likeness (QED) is 0.339. The van der Waals surface area contributed by atoms with Gasteiger partial charge in [-0.2, -0.15) is 0 Å². The lowest BCUT2D eigenvalue weighted by Crippen LogP contribution is -2.13. The molecule has 0 N–H and O–H groups in total. The Morgan fingerprint density at radius 3 is 2.08 bits per heavy atom. The minimum absolute atomic E-state index is 0.00992. The average Bonchev–Trinajstić information content (AvgIpc) is 2.64. The van der Waals surface area contributed by atoms with E-state index in [0.717, 1.165) is 17.2 Å². The van der Waals surface area contributed by atoms with Gasteiger partial charge in [0.1, 0.15) is 13.2 Å². The predicted molar refractivity (Wildman–Crippen MR) is 92.9 cm³/mol. The molecule has 122 valence electrons. The third kappa shape index (κ3) is 5.25. The fraction of sp³-hybridized carbons (Fsp3) is 0.100. The van der Waals surface area contributed by atoms with Crippen LogP contribution in [0.3, 0.4) is 0 Å². The van der Waals surface area contributed by atoms with Gasteiger partial charge in [0, 0.05) is 6.08 Å². The molecule has 2 rings (SSSR count). The normalized spacial score (nSPS) is 10.8. The highest BCUT2D eigenvalue weighted by Gasteiger charge is 2.13. The number of esters is 2. The zero-order valence-corrected chi connectivity index (χ0v) is 13.2. The summed E-state index contributed by atoms with van der Waals surface area (Å²) < 4.78 is 10.00. The summed E-state index contributed by atoms with van der Waals surface area (Å²) in [7, 11) is 0. The summed E-state index contributed by atoms with van der Waals surface area (Å²) in [5.74, 6) is -1.02. The third-order valence-corrected chi connectivity index (χ3v) is 3.14. The van der Waals surface area contributed by atoms with Crippen LogP contribution < -0.4 is 0 Å². The fourth-order valence-electron chi connectivity index (χ4n) is 2.01. The summed E-state index contributed by atoms with van der Waals surface area (Å²) in [6, 6.07) is 18.8. The maximum Gasteiger partial charge on any atom is 0.338 e. The van der Waals surface area contributed by atoms with Gasteiger partial charge in [0.15, 0.2) is 0 Å². The Bertz CT molecular complexity index is 718. The summed E-state index contributed by atoms with van der Waals surface area (Å²) in [6.07, 6.45) is 2.83. The molecular weight excluding hydrogens is 304 g/mol. The molecular formula is C20H18O4. The maximum absolute atomic E-state index is 12.4. The monoisotopic (exact) mass is 322 g/mol. The van der Waals surface area contributed by atoms with E-state index in [-0.39, 0.29) is 13.2 Å². The lowest BCUT2D eigenvalue weighted by molar-refractivity contribution is -0.145. The van der Waals surface area contributed by atoms with Gasteiger partial charge >= 0.3 is 11.9 Å². The average molecular weight is 322 g/mol. The standard InChI is InChI=1S/C20H18O4/c1-2-19(21)23-13-14-24-20(22)18(17-11-7-4-8-12-17)15-16-9-5-3-6-10-16/h2-12,15H,1,13-14H2. The highest BCUT2D eigenvalue weighted by molar-refractivity contribution is 6.21. The number of benzene rings is 2. The second-order valence-corrected chi connectivity index (χ2v) is 4.84. The molecule has 2 aromatic carbocycles. The second kappa shape index (κ2) is 9.10. The maximum atomic E-state index is 12.4. The number of rotatable bonds is 7. The van der Waals surface area contributed by atoms with Crippen molar-refractivity contribution in [1.29, 1.82) is 0 Å². The molecule has 0 aromatic heterocycles. The van der Waals surface area contributed by atoms with Crippen LogP contribution in [0, 0.1) is 0 Å². The first-order valence-corrected chi connectivity index (χ1v) is 7.49. The van der Waals surface area contributed by atoms with E-state index in [0.29, 0.717) is 5.57 Å². The molecule has 4 nitrogen and oxygen atoms in total. The Balaban J connectivity index is 2.11. The van der Waals surface area contributed by atoms with Gasteiger partial charge in [-0.1, -0.05) is 67.2 Å². The van der Waals surface area contributed by atoms with Crippen molar-refractivity contribution in [3.8, 4) is 0 Å². The van der Waals surface area contributed by atoms with Gasteiger partial charge in [-0.15, -0.1) is 0 Å². The van der Waals surface area contributed by atoms with Gasteiger partial charge in [-0.05, 0) is 17.2 Å². The smallest absolute Gasteiger partial charge is 0.338 e. The molecule has 0 saturated heterocycles. The van der Waals surface area contributed by atoms with Crippen LogP contribution in [0.2, 0.25) is 0 Å². The minimum atomic E-state index is -0.547. The molecule has 0 aliphatic carbocycles. The summed E-state index contributed by atoms with van der Waals surface area (Å²) in [4.78, 5) is 23.4. The lowest BCUT2D eigenvalue weighted by atomic mass is 10.0. The summed E-state index contributed by atoms with van der Waals surface area (Å²) >= 11 is 0. The molecule has 2 aromatic rings.